The maximum absolute atomic E-state index is 10.7. The molecule has 0 aromatic rings. The number of nitrogens with zero attached hydrogens (tertiary/aromatic N) is 1. The minimum atomic E-state index is -0.923. The van der Waals surface area contributed by atoms with Crippen molar-refractivity contribution in [1.82, 2.24) is 4.90 Å². The minimum Gasteiger partial charge on any atom is -0.465 e. The molecule has 1 amide bonds. The number of morpholine rings is 1. The molecular weight excluding hydrogens is 174 g/mol. The van der Waals surface area contributed by atoms with Crippen molar-refractivity contribution in [3.05, 3.63) is 0 Å². The Hall–Kier alpha value is -0.810. The Morgan fingerprint density at radius 2 is 2.31 bits per heavy atom. The summed E-state index contributed by atoms with van der Waals surface area (Å²) in [6.45, 7) is 0.637. The highest BCUT2D eigenvalue weighted by atomic mass is 16.5. The van der Waals surface area contributed by atoms with Crippen LogP contribution in [0.3, 0.4) is 0 Å². The standard InChI is InChI=1S/C8H13NO4/c10-4-6-3-9(7(11)12)5-8(13-6)1-2-8/h6,10H,1-5H2,(H,11,12)/t6-/m0/s1. The zero-order chi connectivity index (χ0) is 9.47. The lowest BCUT2D eigenvalue weighted by atomic mass is 10.2. The van der Waals surface area contributed by atoms with Crippen LogP contribution < -0.4 is 0 Å². The summed E-state index contributed by atoms with van der Waals surface area (Å²) < 4.78 is 5.56. The third kappa shape index (κ3) is 1.62. The van der Waals surface area contributed by atoms with Gasteiger partial charge in [0.2, 0.25) is 0 Å². The smallest absolute Gasteiger partial charge is 0.407 e. The number of amides is 1. The maximum atomic E-state index is 10.7. The van der Waals surface area contributed by atoms with Crippen LogP contribution in [0.2, 0.25) is 0 Å². The monoisotopic (exact) mass is 187 g/mol. The molecule has 2 rings (SSSR count). The average Bonchev–Trinajstić information content (AvgIpc) is 2.83. The zero-order valence-electron chi connectivity index (χ0n) is 7.27. The van der Waals surface area contributed by atoms with Gasteiger partial charge in [0.05, 0.1) is 31.4 Å². The lowest BCUT2D eigenvalue weighted by Gasteiger charge is -2.36. The highest BCUT2D eigenvalue weighted by Crippen LogP contribution is 2.43. The van der Waals surface area contributed by atoms with E-state index in [1.54, 1.807) is 0 Å². The number of hydrogen-bond donors (Lipinski definition) is 2. The van der Waals surface area contributed by atoms with Crippen LogP contribution in [-0.2, 0) is 4.74 Å². The van der Waals surface area contributed by atoms with Gasteiger partial charge in [0.25, 0.3) is 0 Å². The van der Waals surface area contributed by atoms with Gasteiger partial charge in [-0.3, -0.25) is 0 Å². The van der Waals surface area contributed by atoms with Crippen LogP contribution in [0.15, 0.2) is 0 Å². The fourth-order valence-electron chi connectivity index (χ4n) is 1.74. The van der Waals surface area contributed by atoms with E-state index in [-0.39, 0.29) is 24.9 Å². The van der Waals surface area contributed by atoms with Gasteiger partial charge in [-0.05, 0) is 12.8 Å². The summed E-state index contributed by atoms with van der Waals surface area (Å²) >= 11 is 0. The Morgan fingerprint density at radius 3 is 2.77 bits per heavy atom. The molecule has 0 bridgehead atoms. The van der Waals surface area contributed by atoms with Crippen LogP contribution in [-0.4, -0.2) is 52.6 Å². The molecule has 5 heteroatoms. The molecule has 2 aliphatic rings. The average molecular weight is 187 g/mol. The van der Waals surface area contributed by atoms with Crippen LogP contribution in [0.25, 0.3) is 0 Å². The first-order valence-electron chi connectivity index (χ1n) is 4.42. The van der Waals surface area contributed by atoms with Gasteiger partial charge in [-0.1, -0.05) is 0 Å². The van der Waals surface area contributed by atoms with Crippen LogP contribution >= 0.6 is 0 Å². The summed E-state index contributed by atoms with van der Waals surface area (Å²) in [5.74, 6) is 0. The van der Waals surface area contributed by atoms with Gasteiger partial charge < -0.3 is 19.8 Å². The van der Waals surface area contributed by atoms with Crippen LogP contribution in [0.1, 0.15) is 12.8 Å². The number of carbonyl (C=O) groups is 1. The van der Waals surface area contributed by atoms with Crippen LogP contribution in [0.4, 0.5) is 4.79 Å². The summed E-state index contributed by atoms with van der Waals surface area (Å²) in [4.78, 5) is 12.1. The predicted octanol–water partition coefficient (Wildman–Crippen LogP) is -0.110. The summed E-state index contributed by atoms with van der Waals surface area (Å²) in [5, 5.41) is 17.7. The number of ether oxygens (including phenoxy) is 1. The third-order valence-electron chi connectivity index (χ3n) is 2.60. The van der Waals surface area contributed by atoms with Gasteiger partial charge in [-0.15, -0.1) is 0 Å². The van der Waals surface area contributed by atoms with E-state index in [4.69, 9.17) is 14.9 Å². The van der Waals surface area contributed by atoms with E-state index >= 15 is 0 Å². The summed E-state index contributed by atoms with van der Waals surface area (Å²) in [5.41, 5.74) is -0.260. The molecule has 1 saturated carbocycles. The minimum absolute atomic E-state index is 0.106. The maximum Gasteiger partial charge on any atom is 0.407 e. The predicted molar refractivity (Wildman–Crippen MR) is 43.5 cm³/mol. The lowest BCUT2D eigenvalue weighted by molar-refractivity contribution is -0.110. The first-order chi connectivity index (χ1) is 6.15. The second kappa shape index (κ2) is 2.85. The van der Waals surface area contributed by atoms with Crippen molar-refractivity contribution in [1.29, 1.82) is 0 Å². The Labute approximate surface area is 75.9 Å². The molecular formula is C8H13NO4. The highest BCUT2D eigenvalue weighted by molar-refractivity contribution is 5.65. The number of rotatable bonds is 1. The Bertz CT molecular complexity index is 226. The van der Waals surface area contributed by atoms with Crippen molar-refractivity contribution in [3.8, 4) is 0 Å². The molecule has 1 atom stereocenters. The Morgan fingerprint density at radius 1 is 1.62 bits per heavy atom. The van der Waals surface area contributed by atoms with Crippen LogP contribution in [0, 0.1) is 0 Å². The molecule has 2 fully saturated rings. The fourth-order valence-corrected chi connectivity index (χ4v) is 1.74. The number of aliphatic hydroxyl groups is 1. The molecule has 0 aromatic heterocycles. The molecule has 1 saturated heterocycles. The topological polar surface area (TPSA) is 70.0 Å². The largest absolute Gasteiger partial charge is 0.465 e. The molecule has 1 aliphatic carbocycles. The van der Waals surface area contributed by atoms with Crippen molar-refractivity contribution in [3.63, 3.8) is 0 Å². The van der Waals surface area contributed by atoms with E-state index in [2.05, 4.69) is 0 Å². The van der Waals surface area contributed by atoms with E-state index in [0.29, 0.717) is 6.54 Å². The molecule has 74 valence electrons. The van der Waals surface area contributed by atoms with E-state index in [0.717, 1.165) is 12.8 Å². The lowest BCUT2D eigenvalue weighted by Crippen LogP contribution is -2.52. The molecule has 0 radical (unpaired) electrons. The van der Waals surface area contributed by atoms with Crippen molar-refractivity contribution in [2.24, 2.45) is 0 Å². The van der Waals surface area contributed by atoms with Crippen molar-refractivity contribution in [2.75, 3.05) is 19.7 Å². The summed E-state index contributed by atoms with van der Waals surface area (Å²) in [6.07, 6.45) is 0.556. The molecule has 1 heterocycles. The molecule has 1 spiro atoms. The molecule has 5 nitrogen and oxygen atoms in total. The zero-order valence-corrected chi connectivity index (χ0v) is 7.27. The number of aliphatic hydroxyl groups excluding tert-OH is 1. The van der Waals surface area contributed by atoms with Gasteiger partial charge in [0.1, 0.15) is 0 Å². The van der Waals surface area contributed by atoms with Crippen molar-refractivity contribution >= 4 is 6.09 Å². The highest BCUT2D eigenvalue weighted by Gasteiger charge is 2.51. The van der Waals surface area contributed by atoms with Gasteiger partial charge in [-0.25, -0.2) is 4.79 Å². The molecule has 13 heavy (non-hydrogen) atoms. The van der Waals surface area contributed by atoms with E-state index in [9.17, 15) is 4.79 Å². The SMILES string of the molecule is O=C(O)N1C[C@@H](CO)OC2(CC2)C1. The Kier molecular flexibility index (Phi) is 1.92. The Balaban J connectivity index is 2.03. The molecule has 1 aliphatic heterocycles. The van der Waals surface area contributed by atoms with Crippen molar-refractivity contribution in [2.45, 2.75) is 24.5 Å². The first kappa shape index (κ1) is 8.77. The molecule has 2 N–H and O–H groups in total. The first-order valence-corrected chi connectivity index (χ1v) is 4.42. The normalized spacial score (nSPS) is 30.5. The second-order valence-electron chi connectivity index (χ2n) is 3.77. The van der Waals surface area contributed by atoms with Gasteiger partial charge in [0.15, 0.2) is 0 Å². The van der Waals surface area contributed by atoms with E-state index < -0.39 is 6.09 Å². The molecule has 0 aromatic carbocycles. The fraction of sp³-hybridized carbons (Fsp3) is 0.875. The number of carboxylic acid groups (broad SMARTS) is 1. The van der Waals surface area contributed by atoms with Crippen LogP contribution in [0.5, 0.6) is 0 Å². The third-order valence-corrected chi connectivity index (χ3v) is 2.60. The number of hydrogen-bond acceptors (Lipinski definition) is 3. The van der Waals surface area contributed by atoms with E-state index in [1.165, 1.54) is 4.90 Å². The second-order valence-corrected chi connectivity index (χ2v) is 3.77. The van der Waals surface area contributed by atoms with E-state index in [1.807, 2.05) is 0 Å². The van der Waals surface area contributed by atoms with Crippen molar-refractivity contribution < 1.29 is 19.7 Å². The summed E-state index contributed by atoms with van der Waals surface area (Å²) in [6, 6.07) is 0. The van der Waals surface area contributed by atoms with Gasteiger partial charge in [0, 0.05) is 0 Å². The van der Waals surface area contributed by atoms with Gasteiger partial charge >= 0.3 is 6.09 Å². The molecule has 0 unspecified atom stereocenters. The summed E-state index contributed by atoms with van der Waals surface area (Å²) in [7, 11) is 0. The van der Waals surface area contributed by atoms with Gasteiger partial charge in [-0.2, -0.15) is 0 Å². The quantitative estimate of drug-likeness (QED) is 0.601.